The summed E-state index contributed by atoms with van der Waals surface area (Å²) in [5.74, 6) is 0.501. The van der Waals surface area contributed by atoms with Crippen molar-refractivity contribution in [1.29, 1.82) is 0 Å². The summed E-state index contributed by atoms with van der Waals surface area (Å²) in [5.41, 5.74) is 4.80. The first-order valence-electron chi connectivity index (χ1n) is 13.7. The molecule has 1 aliphatic heterocycles. The van der Waals surface area contributed by atoms with Gasteiger partial charge in [-0.15, -0.1) is 0 Å². The van der Waals surface area contributed by atoms with Gasteiger partial charge in [0.25, 0.3) is 5.89 Å². The van der Waals surface area contributed by atoms with Crippen LogP contribution < -0.4 is 20.1 Å². The molecule has 10 heteroatoms. The van der Waals surface area contributed by atoms with Crippen LogP contribution in [0.15, 0.2) is 94.3 Å². The number of halogens is 1. The van der Waals surface area contributed by atoms with E-state index in [1.165, 1.54) is 19.2 Å². The van der Waals surface area contributed by atoms with E-state index < -0.39 is 17.7 Å². The molecular weight excluding hydrogens is 551 g/mol. The number of carbonyl (C=O) groups excluding carboxylic acids is 1. The van der Waals surface area contributed by atoms with Crippen molar-refractivity contribution < 1.29 is 27.9 Å². The van der Waals surface area contributed by atoms with E-state index in [-0.39, 0.29) is 18.5 Å². The number of nitrogens with zero attached hydrogens (tertiary/aromatic N) is 2. The molecule has 9 nitrogen and oxygen atoms in total. The maximum absolute atomic E-state index is 14.4. The molecule has 4 aromatic rings. The second-order valence-corrected chi connectivity index (χ2v) is 10.1. The number of allylic oxidation sites excluding steroid dienone is 3. The third-order valence-corrected chi connectivity index (χ3v) is 7.41. The first kappa shape index (κ1) is 29.5. The highest BCUT2D eigenvalue weighted by molar-refractivity contribution is 5.96. The van der Waals surface area contributed by atoms with E-state index in [0.29, 0.717) is 33.9 Å². The summed E-state index contributed by atoms with van der Waals surface area (Å²) < 4.78 is 35.9. The van der Waals surface area contributed by atoms with Gasteiger partial charge in [-0.25, -0.2) is 9.18 Å². The molecular formula is C33H33FN4O5. The van der Waals surface area contributed by atoms with Gasteiger partial charge in [-0.1, -0.05) is 41.6 Å². The molecule has 0 radical (unpaired) electrons. The van der Waals surface area contributed by atoms with Crippen molar-refractivity contribution in [3.05, 3.63) is 124 Å². The quantitative estimate of drug-likeness (QED) is 0.228. The van der Waals surface area contributed by atoms with E-state index in [4.69, 9.17) is 23.7 Å². The van der Waals surface area contributed by atoms with Crippen molar-refractivity contribution in [2.24, 2.45) is 0 Å². The zero-order valence-corrected chi connectivity index (χ0v) is 24.6. The number of rotatable bonds is 10. The zero-order chi connectivity index (χ0) is 30.5. The molecule has 2 N–H and O–H groups in total. The average molecular weight is 585 g/mol. The molecule has 1 aromatic heterocycles. The number of esters is 1. The fourth-order valence-electron chi connectivity index (χ4n) is 5.33. The molecule has 0 bridgehead atoms. The standard InChI is InChI=1S/C33H33FN4O5/c1-19-28(30(23-7-6-8-24(34)17-23)29(20(2)36-19)33(39)42-5)32-37-27(38-43-32)18-35-31(21-9-13-25(40-3)14-10-21)22-11-15-26(41-4)16-12-22/h6-17,30-31,35-36H,18H2,1-5H3. The van der Waals surface area contributed by atoms with E-state index in [1.54, 1.807) is 33.3 Å². The Labute approximate surface area is 249 Å². The van der Waals surface area contributed by atoms with Crippen LogP contribution in [0, 0.1) is 5.82 Å². The highest BCUT2D eigenvalue weighted by Crippen LogP contribution is 2.43. The highest BCUT2D eigenvalue weighted by atomic mass is 19.1. The van der Waals surface area contributed by atoms with Gasteiger partial charge < -0.3 is 24.1 Å². The molecule has 0 spiro atoms. The lowest BCUT2D eigenvalue weighted by Gasteiger charge is -2.29. The fraction of sp³-hybridized carbons (Fsp3) is 0.242. The minimum absolute atomic E-state index is 0.201. The van der Waals surface area contributed by atoms with Crippen LogP contribution in [0.5, 0.6) is 11.5 Å². The summed E-state index contributed by atoms with van der Waals surface area (Å²) in [7, 11) is 4.57. The molecule has 0 amide bonds. The Morgan fingerprint density at radius 3 is 2.14 bits per heavy atom. The van der Waals surface area contributed by atoms with Gasteiger partial charge in [0.05, 0.1) is 45.4 Å². The van der Waals surface area contributed by atoms with E-state index in [0.717, 1.165) is 22.6 Å². The average Bonchev–Trinajstić information content (AvgIpc) is 3.49. The summed E-state index contributed by atoms with van der Waals surface area (Å²) in [6.45, 7) is 3.90. The second-order valence-electron chi connectivity index (χ2n) is 10.1. The maximum Gasteiger partial charge on any atom is 0.336 e. The Hall–Kier alpha value is -4.96. The third-order valence-electron chi connectivity index (χ3n) is 7.41. The number of carbonyl (C=O) groups is 1. The van der Waals surface area contributed by atoms with Crippen molar-refractivity contribution in [3.63, 3.8) is 0 Å². The van der Waals surface area contributed by atoms with Gasteiger partial charge in [0.2, 0.25) is 0 Å². The van der Waals surface area contributed by atoms with Crippen LogP contribution in [-0.2, 0) is 16.1 Å². The van der Waals surface area contributed by atoms with Gasteiger partial charge in [-0.3, -0.25) is 5.32 Å². The molecule has 43 heavy (non-hydrogen) atoms. The Bertz CT molecular complexity index is 1610. The van der Waals surface area contributed by atoms with Crippen LogP contribution in [0.25, 0.3) is 5.57 Å². The summed E-state index contributed by atoms with van der Waals surface area (Å²) in [5, 5.41) is 11.0. The van der Waals surface area contributed by atoms with Gasteiger partial charge in [-0.2, -0.15) is 4.98 Å². The van der Waals surface area contributed by atoms with Gasteiger partial charge in [0.1, 0.15) is 17.3 Å². The van der Waals surface area contributed by atoms with Gasteiger partial charge >= 0.3 is 5.97 Å². The van der Waals surface area contributed by atoms with E-state index >= 15 is 0 Å². The number of methoxy groups -OCH3 is 3. The summed E-state index contributed by atoms with van der Waals surface area (Å²) in [4.78, 5) is 17.6. The first-order chi connectivity index (χ1) is 20.8. The minimum Gasteiger partial charge on any atom is -0.497 e. The van der Waals surface area contributed by atoms with E-state index in [1.807, 2.05) is 55.5 Å². The van der Waals surface area contributed by atoms with Crippen molar-refractivity contribution in [1.82, 2.24) is 20.8 Å². The predicted octanol–water partition coefficient (Wildman–Crippen LogP) is 5.67. The van der Waals surface area contributed by atoms with Crippen LogP contribution in [-0.4, -0.2) is 37.4 Å². The molecule has 0 saturated heterocycles. The van der Waals surface area contributed by atoms with Crippen molar-refractivity contribution in [2.45, 2.75) is 32.4 Å². The number of hydrogen-bond acceptors (Lipinski definition) is 9. The summed E-state index contributed by atoms with van der Waals surface area (Å²) in [6, 6.07) is 21.5. The topological polar surface area (TPSA) is 108 Å². The van der Waals surface area contributed by atoms with Crippen LogP contribution in [0.1, 0.15) is 54.2 Å². The number of hydrogen-bond donors (Lipinski definition) is 2. The SMILES string of the molecule is COC(=O)C1=C(C)NC(C)=C(c2nc(CNC(c3ccc(OC)cc3)c3ccc(OC)cc3)no2)C1c1cccc(F)c1. The molecule has 0 fully saturated rings. The number of aromatic nitrogens is 2. The van der Waals surface area contributed by atoms with Gasteiger partial charge in [0.15, 0.2) is 5.82 Å². The maximum atomic E-state index is 14.4. The second kappa shape index (κ2) is 12.9. The van der Waals surface area contributed by atoms with Crippen molar-refractivity contribution in [2.75, 3.05) is 21.3 Å². The van der Waals surface area contributed by atoms with E-state index in [9.17, 15) is 9.18 Å². The molecule has 2 heterocycles. The Morgan fingerprint density at radius 1 is 0.953 bits per heavy atom. The lowest BCUT2D eigenvalue weighted by Crippen LogP contribution is -2.28. The van der Waals surface area contributed by atoms with Crippen molar-refractivity contribution >= 4 is 11.5 Å². The predicted molar refractivity (Wildman–Crippen MR) is 159 cm³/mol. The largest absolute Gasteiger partial charge is 0.497 e. The van der Waals surface area contributed by atoms with Gasteiger partial charge in [-0.05, 0) is 66.9 Å². The van der Waals surface area contributed by atoms with Crippen LogP contribution in [0.3, 0.4) is 0 Å². The highest BCUT2D eigenvalue weighted by Gasteiger charge is 2.37. The number of benzene rings is 3. The summed E-state index contributed by atoms with van der Waals surface area (Å²) in [6.07, 6.45) is 0. The van der Waals surface area contributed by atoms with Crippen LogP contribution in [0.4, 0.5) is 4.39 Å². The lowest BCUT2D eigenvalue weighted by molar-refractivity contribution is -0.136. The van der Waals surface area contributed by atoms with Crippen LogP contribution >= 0.6 is 0 Å². The Morgan fingerprint density at radius 2 is 1.58 bits per heavy atom. The Balaban J connectivity index is 1.46. The number of nitrogens with one attached hydrogen (secondary N) is 2. The molecule has 3 aromatic carbocycles. The number of dihydropyridines is 1. The minimum atomic E-state index is -0.683. The normalized spacial score (nSPS) is 15.0. The molecule has 0 aliphatic carbocycles. The number of ether oxygens (including phenoxy) is 3. The molecule has 1 aliphatic rings. The third kappa shape index (κ3) is 6.29. The Kier molecular flexibility index (Phi) is 8.87. The first-order valence-corrected chi connectivity index (χ1v) is 13.7. The molecule has 5 rings (SSSR count). The zero-order valence-electron chi connectivity index (χ0n) is 24.6. The smallest absolute Gasteiger partial charge is 0.336 e. The summed E-state index contributed by atoms with van der Waals surface area (Å²) >= 11 is 0. The molecule has 222 valence electrons. The molecule has 1 unspecified atom stereocenters. The molecule has 1 atom stereocenters. The lowest BCUT2D eigenvalue weighted by atomic mass is 9.80. The molecule has 0 saturated carbocycles. The monoisotopic (exact) mass is 584 g/mol. The van der Waals surface area contributed by atoms with Crippen LogP contribution in [0.2, 0.25) is 0 Å². The fourth-order valence-corrected chi connectivity index (χ4v) is 5.33. The van der Waals surface area contributed by atoms with Crippen molar-refractivity contribution in [3.8, 4) is 11.5 Å². The van der Waals surface area contributed by atoms with E-state index in [2.05, 4.69) is 15.8 Å². The van der Waals surface area contributed by atoms with Gasteiger partial charge in [0, 0.05) is 17.0 Å².